The third-order valence-electron chi connectivity index (χ3n) is 4.74. The average Bonchev–Trinajstić information content (AvgIpc) is 3.01. The van der Waals surface area contributed by atoms with Gasteiger partial charge in [0.25, 0.3) is 5.56 Å². The molecule has 3 rings (SSSR count). The second-order valence-electron chi connectivity index (χ2n) is 6.22. The molecule has 9 heteroatoms. The van der Waals surface area contributed by atoms with Crippen LogP contribution >= 0.6 is 0 Å². The zero-order valence-corrected chi connectivity index (χ0v) is 13.9. The van der Waals surface area contributed by atoms with Crippen LogP contribution in [0.2, 0.25) is 0 Å². The molecular formula is C15H22N6O3. The summed E-state index contributed by atoms with van der Waals surface area (Å²) < 4.78 is 3.84. The lowest BCUT2D eigenvalue weighted by atomic mass is 10.0. The van der Waals surface area contributed by atoms with Crippen LogP contribution in [0.25, 0.3) is 11.2 Å². The number of rotatable bonds is 3. The first-order valence-corrected chi connectivity index (χ1v) is 8.06. The number of hydrogen-bond acceptors (Lipinski definition) is 5. The first-order valence-electron chi connectivity index (χ1n) is 8.06. The summed E-state index contributed by atoms with van der Waals surface area (Å²) in [6, 6.07) is 0.0493. The summed E-state index contributed by atoms with van der Waals surface area (Å²) in [6.07, 6.45) is 4.37. The largest absolute Gasteiger partial charge is 0.337 e. The summed E-state index contributed by atoms with van der Waals surface area (Å²) >= 11 is 0. The molecule has 0 spiro atoms. The van der Waals surface area contributed by atoms with E-state index in [0.717, 1.165) is 23.8 Å². The van der Waals surface area contributed by atoms with Crippen LogP contribution in [0, 0.1) is 0 Å². The summed E-state index contributed by atoms with van der Waals surface area (Å²) in [7, 11) is 2.97. The van der Waals surface area contributed by atoms with E-state index in [-0.39, 0.29) is 29.7 Å². The molecule has 1 atom stereocenters. The molecule has 1 fully saturated rings. The molecule has 1 amide bonds. The third kappa shape index (κ3) is 2.54. The Morgan fingerprint density at radius 2 is 2.04 bits per heavy atom. The van der Waals surface area contributed by atoms with Gasteiger partial charge in [0.05, 0.1) is 6.33 Å². The van der Waals surface area contributed by atoms with Crippen molar-refractivity contribution in [1.82, 2.24) is 23.6 Å². The zero-order valence-electron chi connectivity index (χ0n) is 13.9. The van der Waals surface area contributed by atoms with Crippen molar-refractivity contribution in [3.05, 3.63) is 27.2 Å². The van der Waals surface area contributed by atoms with Crippen LogP contribution in [0.15, 0.2) is 15.9 Å². The number of carbonyl (C=O) groups excluding carboxylic acids is 1. The second-order valence-corrected chi connectivity index (χ2v) is 6.22. The van der Waals surface area contributed by atoms with E-state index < -0.39 is 11.2 Å². The molecule has 0 aliphatic carbocycles. The number of likely N-dealkylation sites (tertiary alicyclic amines) is 1. The lowest BCUT2D eigenvalue weighted by molar-refractivity contribution is -0.135. The van der Waals surface area contributed by atoms with Gasteiger partial charge in [0, 0.05) is 33.2 Å². The molecule has 3 heterocycles. The molecule has 1 aliphatic rings. The van der Waals surface area contributed by atoms with E-state index >= 15 is 0 Å². The Morgan fingerprint density at radius 3 is 2.75 bits per heavy atom. The predicted molar refractivity (Wildman–Crippen MR) is 88.6 cm³/mol. The van der Waals surface area contributed by atoms with Crippen LogP contribution in [-0.2, 0) is 25.4 Å². The molecule has 0 radical (unpaired) electrons. The molecule has 0 aromatic carbocycles. The van der Waals surface area contributed by atoms with Crippen LogP contribution in [0.3, 0.4) is 0 Å². The fraction of sp³-hybridized carbons (Fsp3) is 0.600. The van der Waals surface area contributed by atoms with E-state index in [0.29, 0.717) is 13.1 Å². The minimum absolute atomic E-state index is 0.0143. The van der Waals surface area contributed by atoms with E-state index in [1.54, 1.807) is 11.9 Å². The molecule has 0 saturated carbocycles. The van der Waals surface area contributed by atoms with Gasteiger partial charge in [0.2, 0.25) is 5.91 Å². The first kappa shape index (κ1) is 16.4. The van der Waals surface area contributed by atoms with E-state index in [1.165, 1.54) is 22.5 Å². The maximum atomic E-state index is 12.7. The van der Waals surface area contributed by atoms with Crippen LogP contribution in [0.5, 0.6) is 0 Å². The van der Waals surface area contributed by atoms with Gasteiger partial charge in [-0.1, -0.05) is 0 Å². The van der Waals surface area contributed by atoms with Gasteiger partial charge in [-0.3, -0.25) is 18.7 Å². The van der Waals surface area contributed by atoms with Gasteiger partial charge in [-0.2, -0.15) is 0 Å². The molecule has 0 bridgehead atoms. The highest BCUT2D eigenvalue weighted by Crippen LogP contribution is 2.17. The maximum absolute atomic E-state index is 12.7. The fourth-order valence-electron chi connectivity index (χ4n) is 3.33. The maximum Gasteiger partial charge on any atom is 0.332 e. The van der Waals surface area contributed by atoms with E-state index in [4.69, 9.17) is 5.73 Å². The summed E-state index contributed by atoms with van der Waals surface area (Å²) in [5, 5.41) is 0. The van der Waals surface area contributed by atoms with Crippen LogP contribution in [0.1, 0.15) is 19.3 Å². The quantitative estimate of drug-likeness (QED) is 0.756. The van der Waals surface area contributed by atoms with Gasteiger partial charge in [0.15, 0.2) is 11.2 Å². The number of aromatic nitrogens is 4. The molecule has 2 aromatic heterocycles. The number of carbonyl (C=O) groups is 1. The van der Waals surface area contributed by atoms with Crippen molar-refractivity contribution in [2.75, 3.05) is 13.1 Å². The summed E-state index contributed by atoms with van der Waals surface area (Å²) in [5.74, 6) is -0.0830. The number of piperidine rings is 1. The normalized spacial score (nSPS) is 18.3. The Bertz CT molecular complexity index is 893. The van der Waals surface area contributed by atoms with Crippen molar-refractivity contribution in [3.63, 3.8) is 0 Å². The first-order chi connectivity index (χ1) is 11.5. The average molecular weight is 334 g/mol. The number of hydrogen-bond donors (Lipinski definition) is 1. The number of nitrogens with zero attached hydrogens (tertiary/aromatic N) is 5. The fourth-order valence-corrected chi connectivity index (χ4v) is 3.33. The monoisotopic (exact) mass is 334 g/mol. The summed E-state index contributed by atoms with van der Waals surface area (Å²) in [4.78, 5) is 43.0. The van der Waals surface area contributed by atoms with Crippen molar-refractivity contribution < 1.29 is 4.79 Å². The molecule has 9 nitrogen and oxygen atoms in total. The Kier molecular flexibility index (Phi) is 4.27. The Hall–Kier alpha value is -2.42. The minimum atomic E-state index is -0.451. The molecule has 1 aliphatic heterocycles. The Labute approximate surface area is 138 Å². The number of aryl methyl sites for hydroxylation is 1. The standard InChI is InChI=1S/C15H22N6O3/c1-18-13-12(14(23)19(2)15(18)24)20(9-17-13)8-11(22)21-6-4-3-5-10(21)7-16/h9-10H,3-8,16H2,1-2H3. The molecule has 1 unspecified atom stereocenters. The van der Waals surface area contributed by atoms with Gasteiger partial charge in [-0.25, -0.2) is 9.78 Å². The van der Waals surface area contributed by atoms with Crippen LogP contribution in [0.4, 0.5) is 0 Å². The minimum Gasteiger partial charge on any atom is -0.337 e. The van der Waals surface area contributed by atoms with Gasteiger partial charge in [-0.05, 0) is 19.3 Å². The molecule has 2 aromatic rings. The molecule has 24 heavy (non-hydrogen) atoms. The van der Waals surface area contributed by atoms with E-state index in [2.05, 4.69) is 4.98 Å². The molecular weight excluding hydrogens is 312 g/mol. The molecule has 2 N–H and O–H groups in total. The lowest BCUT2D eigenvalue weighted by Crippen LogP contribution is -2.48. The summed E-state index contributed by atoms with van der Waals surface area (Å²) in [5.41, 5.74) is 5.42. The number of imidazole rings is 1. The predicted octanol–water partition coefficient (Wildman–Crippen LogP) is -1.23. The Morgan fingerprint density at radius 1 is 1.29 bits per heavy atom. The van der Waals surface area contributed by atoms with Crippen molar-refractivity contribution >= 4 is 17.1 Å². The van der Waals surface area contributed by atoms with Crippen molar-refractivity contribution in [3.8, 4) is 0 Å². The molecule has 130 valence electrons. The van der Waals surface area contributed by atoms with E-state index in [9.17, 15) is 14.4 Å². The van der Waals surface area contributed by atoms with E-state index in [1.807, 2.05) is 0 Å². The zero-order chi connectivity index (χ0) is 17.4. The number of amides is 1. The van der Waals surface area contributed by atoms with Crippen LogP contribution < -0.4 is 17.0 Å². The third-order valence-corrected chi connectivity index (χ3v) is 4.74. The van der Waals surface area contributed by atoms with Crippen molar-refractivity contribution in [1.29, 1.82) is 0 Å². The number of nitrogens with two attached hydrogens (primary N) is 1. The summed E-state index contributed by atoms with van der Waals surface area (Å²) in [6.45, 7) is 1.14. The van der Waals surface area contributed by atoms with Crippen molar-refractivity contribution in [2.45, 2.75) is 31.8 Å². The van der Waals surface area contributed by atoms with Gasteiger partial charge >= 0.3 is 5.69 Å². The number of fused-ring (bicyclic) bond motifs is 1. The van der Waals surface area contributed by atoms with Gasteiger partial charge in [-0.15, -0.1) is 0 Å². The second kappa shape index (κ2) is 6.23. The highest BCUT2D eigenvalue weighted by molar-refractivity contribution is 5.79. The smallest absolute Gasteiger partial charge is 0.332 e. The Balaban J connectivity index is 1.98. The van der Waals surface area contributed by atoms with Gasteiger partial charge in [0.1, 0.15) is 6.54 Å². The van der Waals surface area contributed by atoms with Crippen molar-refractivity contribution in [2.24, 2.45) is 19.8 Å². The van der Waals surface area contributed by atoms with Crippen LogP contribution in [-0.4, -0.2) is 48.6 Å². The lowest BCUT2D eigenvalue weighted by Gasteiger charge is -2.35. The highest BCUT2D eigenvalue weighted by Gasteiger charge is 2.26. The molecule has 1 saturated heterocycles. The highest BCUT2D eigenvalue weighted by atomic mass is 16.2. The topological polar surface area (TPSA) is 108 Å². The SMILES string of the molecule is Cn1c(=O)c2c(ncn2CC(=O)N2CCCCC2CN)n(C)c1=O. The van der Waals surface area contributed by atoms with Gasteiger partial charge < -0.3 is 15.2 Å².